The fraction of sp³-hybridized carbons (Fsp3) is 0. The van der Waals surface area contributed by atoms with Crippen LogP contribution in [0.4, 0.5) is 32.3 Å². The van der Waals surface area contributed by atoms with Gasteiger partial charge in [-0.05, 0) is 48.5 Å². The molecule has 0 fully saturated rings. The molecule has 120 valence electrons. The summed E-state index contributed by atoms with van der Waals surface area (Å²) in [5.41, 5.74) is 12.1. The molecule has 9 nitrogen and oxygen atoms in total. The van der Waals surface area contributed by atoms with Crippen LogP contribution in [0.3, 0.4) is 0 Å². The second kappa shape index (κ2) is 6.54. The van der Waals surface area contributed by atoms with Gasteiger partial charge >= 0.3 is 12.2 Å². The van der Waals surface area contributed by atoms with E-state index in [1.165, 1.54) is 48.5 Å². The molecule has 0 aliphatic heterocycles. The quantitative estimate of drug-likeness (QED) is 0.500. The number of nitrogen functional groups attached to an aromatic ring is 2. The van der Waals surface area contributed by atoms with Gasteiger partial charge in [0, 0.05) is 11.4 Å². The summed E-state index contributed by atoms with van der Waals surface area (Å²) in [6.07, 6.45) is -3.01. The lowest BCUT2D eigenvalue weighted by atomic mass is 10.3. The second-order valence-corrected chi connectivity index (χ2v) is 4.42. The second-order valence-electron chi connectivity index (χ2n) is 4.42. The Balaban J connectivity index is 2.31. The van der Waals surface area contributed by atoms with Gasteiger partial charge in [0.2, 0.25) is 0 Å². The summed E-state index contributed by atoms with van der Waals surface area (Å²) in [6.45, 7) is 0. The summed E-state index contributed by atoms with van der Waals surface area (Å²) in [6, 6.07) is 11.4. The molecule has 2 aromatic rings. The highest BCUT2D eigenvalue weighted by Gasteiger charge is 2.25. The molecule has 0 spiro atoms. The number of carboxylic acid groups (broad SMARTS) is 2. The molecule has 2 aromatic carbocycles. The highest BCUT2D eigenvalue weighted by Crippen LogP contribution is 2.22. The molecule has 0 aliphatic carbocycles. The van der Waals surface area contributed by atoms with E-state index in [2.05, 4.69) is 0 Å². The molecule has 0 unspecified atom stereocenters. The molecule has 0 aliphatic rings. The molecule has 2 rings (SSSR count). The minimum absolute atomic E-state index is 0.0911. The van der Waals surface area contributed by atoms with Crippen molar-refractivity contribution in [2.24, 2.45) is 0 Å². The van der Waals surface area contributed by atoms with Gasteiger partial charge in [-0.3, -0.25) is 0 Å². The van der Waals surface area contributed by atoms with E-state index in [4.69, 9.17) is 16.4 Å². The topological polar surface area (TPSA) is 142 Å². The Bertz CT molecular complexity index is 641. The molecule has 0 bridgehead atoms. The van der Waals surface area contributed by atoms with Gasteiger partial charge in [0.25, 0.3) is 0 Å². The average Bonchev–Trinajstić information content (AvgIpc) is 2.50. The van der Waals surface area contributed by atoms with Crippen LogP contribution in [0.2, 0.25) is 0 Å². The molecule has 0 saturated heterocycles. The first kappa shape index (κ1) is 15.9. The van der Waals surface area contributed by atoms with Gasteiger partial charge in [-0.15, -0.1) is 15.1 Å². The molecule has 2 amide bonds. The monoisotopic (exact) mass is 318 g/mol. The van der Waals surface area contributed by atoms with Crippen LogP contribution in [-0.4, -0.2) is 22.4 Å². The first-order valence-electron chi connectivity index (χ1n) is 6.34. The number of benzene rings is 2. The highest BCUT2D eigenvalue weighted by atomic mass is 16.9. The summed E-state index contributed by atoms with van der Waals surface area (Å²) in [4.78, 5) is 27.7. The standard InChI is InChI=1S/C14H14N4O5/c15-9-1-5-11(6-2-9)17(13(19)20)23-18(14(21)22)12-7-3-10(16)4-8-12/h1-8H,15-16H2,(H,19,20)(H,21,22). The predicted molar refractivity (Wildman–Crippen MR) is 83.8 cm³/mol. The van der Waals surface area contributed by atoms with Crippen LogP contribution in [0.5, 0.6) is 0 Å². The number of nitrogens with two attached hydrogens (primary N) is 2. The van der Waals surface area contributed by atoms with Crippen molar-refractivity contribution < 1.29 is 24.7 Å². The molecule has 0 aromatic heterocycles. The molecule has 0 heterocycles. The third-order valence-corrected chi connectivity index (χ3v) is 2.77. The molecular weight excluding hydrogens is 304 g/mol. The summed E-state index contributed by atoms with van der Waals surface area (Å²) in [7, 11) is 0. The Labute approximate surface area is 130 Å². The number of hydrogen-bond acceptors (Lipinski definition) is 5. The molecule has 9 heteroatoms. The molecule has 6 N–H and O–H groups in total. The van der Waals surface area contributed by atoms with Crippen molar-refractivity contribution >= 4 is 34.9 Å². The van der Waals surface area contributed by atoms with Crippen LogP contribution >= 0.6 is 0 Å². The zero-order chi connectivity index (χ0) is 17.0. The number of nitrogens with zero attached hydrogens (tertiary/aromatic N) is 2. The summed E-state index contributed by atoms with van der Waals surface area (Å²) >= 11 is 0. The Morgan fingerprint density at radius 3 is 1.30 bits per heavy atom. The van der Waals surface area contributed by atoms with Crippen LogP contribution in [0.1, 0.15) is 0 Å². The van der Waals surface area contributed by atoms with Crippen LogP contribution < -0.4 is 21.6 Å². The van der Waals surface area contributed by atoms with Crippen molar-refractivity contribution in [3.63, 3.8) is 0 Å². The van der Waals surface area contributed by atoms with Crippen molar-refractivity contribution in [1.82, 2.24) is 0 Å². The zero-order valence-corrected chi connectivity index (χ0v) is 11.8. The maximum atomic E-state index is 11.4. The summed E-state index contributed by atoms with van der Waals surface area (Å²) in [5.74, 6) is 0. The van der Waals surface area contributed by atoms with E-state index in [1.807, 2.05) is 0 Å². The van der Waals surface area contributed by atoms with Gasteiger partial charge in [-0.25, -0.2) is 9.59 Å². The van der Waals surface area contributed by atoms with Gasteiger partial charge in [-0.2, -0.15) is 0 Å². The van der Waals surface area contributed by atoms with Gasteiger partial charge < -0.3 is 21.7 Å². The zero-order valence-electron chi connectivity index (χ0n) is 11.8. The van der Waals surface area contributed by atoms with Crippen LogP contribution in [0, 0.1) is 0 Å². The number of carbonyl (C=O) groups is 2. The first-order chi connectivity index (χ1) is 10.9. The lowest BCUT2D eigenvalue weighted by molar-refractivity contribution is 0.0727. The Hall–Kier alpha value is -3.46. The Morgan fingerprint density at radius 1 is 0.739 bits per heavy atom. The smallest absolute Gasteiger partial charge is 0.438 e. The van der Waals surface area contributed by atoms with E-state index in [1.54, 1.807) is 0 Å². The van der Waals surface area contributed by atoms with Gasteiger partial charge in [0.15, 0.2) is 0 Å². The molecular formula is C14H14N4O5. The molecule has 0 atom stereocenters. The van der Waals surface area contributed by atoms with Crippen molar-refractivity contribution in [3.8, 4) is 0 Å². The average molecular weight is 318 g/mol. The Kier molecular flexibility index (Phi) is 4.52. The normalized spacial score (nSPS) is 10.1. The summed E-state index contributed by atoms with van der Waals surface area (Å²) in [5, 5.41) is 19.3. The maximum absolute atomic E-state index is 11.4. The van der Waals surface area contributed by atoms with E-state index >= 15 is 0 Å². The lowest BCUT2D eigenvalue weighted by Gasteiger charge is -2.24. The Morgan fingerprint density at radius 2 is 1.04 bits per heavy atom. The van der Waals surface area contributed by atoms with Crippen LogP contribution in [-0.2, 0) is 4.94 Å². The summed E-state index contributed by atoms with van der Waals surface area (Å²) < 4.78 is 0. The van der Waals surface area contributed by atoms with Crippen molar-refractivity contribution in [2.45, 2.75) is 0 Å². The van der Waals surface area contributed by atoms with E-state index in [0.717, 1.165) is 0 Å². The van der Waals surface area contributed by atoms with Crippen molar-refractivity contribution in [3.05, 3.63) is 48.5 Å². The maximum Gasteiger partial charge on any atom is 0.438 e. The van der Waals surface area contributed by atoms with Gasteiger partial charge in [0.05, 0.1) is 11.4 Å². The third kappa shape index (κ3) is 3.80. The number of amides is 2. The molecule has 0 radical (unpaired) electrons. The fourth-order valence-electron chi connectivity index (χ4n) is 1.69. The minimum atomic E-state index is -1.50. The molecule has 23 heavy (non-hydrogen) atoms. The number of hydroxylamine groups is 2. The van der Waals surface area contributed by atoms with Gasteiger partial charge in [0.1, 0.15) is 0 Å². The van der Waals surface area contributed by atoms with Crippen molar-refractivity contribution in [2.75, 3.05) is 21.6 Å². The fourth-order valence-corrected chi connectivity index (χ4v) is 1.69. The van der Waals surface area contributed by atoms with E-state index in [0.29, 0.717) is 21.5 Å². The first-order valence-corrected chi connectivity index (χ1v) is 6.34. The van der Waals surface area contributed by atoms with E-state index in [-0.39, 0.29) is 11.4 Å². The number of rotatable bonds is 4. The number of hydrogen-bond donors (Lipinski definition) is 4. The number of anilines is 4. The SMILES string of the molecule is Nc1ccc(N(ON(C(=O)O)c2ccc(N)cc2)C(=O)O)cc1. The third-order valence-electron chi connectivity index (χ3n) is 2.77. The molecule has 0 saturated carbocycles. The predicted octanol–water partition coefficient (Wildman–Crippen LogP) is 2.37. The lowest BCUT2D eigenvalue weighted by Crippen LogP contribution is -2.41. The van der Waals surface area contributed by atoms with E-state index in [9.17, 15) is 19.8 Å². The highest BCUT2D eigenvalue weighted by molar-refractivity contribution is 5.87. The minimum Gasteiger partial charge on any atom is -0.463 e. The van der Waals surface area contributed by atoms with Crippen LogP contribution in [0.25, 0.3) is 0 Å². The largest absolute Gasteiger partial charge is 0.463 e. The van der Waals surface area contributed by atoms with Crippen molar-refractivity contribution in [1.29, 1.82) is 0 Å². The van der Waals surface area contributed by atoms with Crippen LogP contribution in [0.15, 0.2) is 48.5 Å². The van der Waals surface area contributed by atoms with Gasteiger partial charge in [-0.1, -0.05) is 0 Å². The van der Waals surface area contributed by atoms with E-state index < -0.39 is 12.2 Å².